The molecule has 0 radical (unpaired) electrons. The summed E-state index contributed by atoms with van der Waals surface area (Å²) in [6.07, 6.45) is -0.00775. The Bertz CT molecular complexity index is 663. The predicted molar refractivity (Wildman–Crippen MR) is 76.7 cm³/mol. The van der Waals surface area contributed by atoms with Gasteiger partial charge in [-0.2, -0.15) is 13.2 Å². The Hall–Kier alpha value is -1.96. The molecule has 0 aliphatic carbocycles. The average molecular weight is 330 g/mol. The summed E-state index contributed by atoms with van der Waals surface area (Å²) >= 11 is -0.262. The molecule has 0 atom stereocenters. The number of aryl methyl sites for hydroxylation is 2. The number of hydrogen-bond donors (Lipinski definition) is 1. The molecule has 2 rings (SSSR count). The van der Waals surface area contributed by atoms with Crippen LogP contribution in [0.15, 0.2) is 33.7 Å². The van der Waals surface area contributed by atoms with Crippen molar-refractivity contribution in [1.82, 2.24) is 5.16 Å². The number of carbonyl (C=O) groups is 1. The van der Waals surface area contributed by atoms with E-state index in [1.165, 1.54) is 18.2 Å². The number of alkyl halides is 3. The highest BCUT2D eigenvalue weighted by Crippen LogP contribution is 2.40. The topological polar surface area (TPSA) is 55.1 Å². The molecule has 0 saturated carbocycles. The molecule has 0 fully saturated rings. The normalized spacial score (nSPS) is 11.5. The monoisotopic (exact) mass is 330 g/mol. The van der Waals surface area contributed by atoms with Crippen LogP contribution < -0.4 is 5.32 Å². The summed E-state index contributed by atoms with van der Waals surface area (Å²) in [5.74, 6) is 0.0928. The number of anilines is 1. The Kier molecular flexibility index (Phi) is 4.80. The molecule has 0 unspecified atom stereocenters. The first-order valence-corrected chi connectivity index (χ1v) is 7.14. The van der Waals surface area contributed by atoms with Gasteiger partial charge in [0.15, 0.2) is 0 Å². The van der Waals surface area contributed by atoms with Crippen molar-refractivity contribution in [3.05, 3.63) is 41.3 Å². The minimum Gasteiger partial charge on any atom is -0.361 e. The first-order valence-electron chi connectivity index (χ1n) is 6.32. The summed E-state index contributed by atoms with van der Waals surface area (Å²) in [7, 11) is 0. The third-order valence-electron chi connectivity index (χ3n) is 2.91. The summed E-state index contributed by atoms with van der Waals surface area (Å²) in [6.45, 7) is 3.38. The molecule has 0 bridgehead atoms. The number of aromatic nitrogens is 1. The maximum Gasteiger partial charge on any atom is 0.446 e. The Morgan fingerprint density at radius 1 is 1.32 bits per heavy atom. The number of thioether (sulfide) groups is 1. The molecule has 2 aromatic rings. The zero-order valence-electron chi connectivity index (χ0n) is 11.8. The van der Waals surface area contributed by atoms with Gasteiger partial charge in [-0.15, -0.1) is 0 Å². The highest BCUT2D eigenvalue weighted by atomic mass is 32.2. The zero-order chi connectivity index (χ0) is 16.3. The molecule has 22 heavy (non-hydrogen) atoms. The molecule has 118 valence electrons. The van der Waals surface area contributed by atoms with E-state index in [4.69, 9.17) is 4.52 Å². The van der Waals surface area contributed by atoms with Gasteiger partial charge in [-0.25, -0.2) is 0 Å². The lowest BCUT2D eigenvalue weighted by atomic mass is 10.1. The minimum atomic E-state index is -4.41. The van der Waals surface area contributed by atoms with E-state index in [1.807, 2.05) is 0 Å². The fourth-order valence-corrected chi connectivity index (χ4v) is 2.52. The van der Waals surface area contributed by atoms with Gasteiger partial charge in [0.25, 0.3) is 0 Å². The van der Waals surface area contributed by atoms with E-state index in [0.717, 1.165) is 0 Å². The van der Waals surface area contributed by atoms with Crippen LogP contribution >= 0.6 is 11.8 Å². The van der Waals surface area contributed by atoms with Gasteiger partial charge < -0.3 is 9.84 Å². The van der Waals surface area contributed by atoms with Crippen LogP contribution in [0.3, 0.4) is 0 Å². The van der Waals surface area contributed by atoms with Crippen LogP contribution in [0.1, 0.15) is 17.0 Å². The molecule has 0 saturated heterocycles. The summed E-state index contributed by atoms with van der Waals surface area (Å²) in [5.41, 5.74) is -3.06. The quantitative estimate of drug-likeness (QED) is 0.858. The van der Waals surface area contributed by atoms with E-state index in [0.29, 0.717) is 17.0 Å². The molecule has 1 amide bonds. The van der Waals surface area contributed by atoms with Gasteiger partial charge in [0.2, 0.25) is 5.91 Å². The lowest BCUT2D eigenvalue weighted by Gasteiger charge is -2.12. The van der Waals surface area contributed by atoms with Crippen LogP contribution in [-0.2, 0) is 11.2 Å². The molecule has 8 heteroatoms. The van der Waals surface area contributed by atoms with Crippen LogP contribution in [0.2, 0.25) is 0 Å². The number of amides is 1. The number of nitrogens with zero attached hydrogens (tertiary/aromatic N) is 1. The first kappa shape index (κ1) is 16.4. The Morgan fingerprint density at radius 3 is 2.59 bits per heavy atom. The third-order valence-corrected chi connectivity index (χ3v) is 3.71. The fraction of sp³-hybridized carbons (Fsp3) is 0.286. The van der Waals surface area contributed by atoms with Gasteiger partial charge in [0, 0.05) is 10.5 Å². The number of rotatable bonds is 4. The molecule has 0 spiro atoms. The van der Waals surface area contributed by atoms with Crippen molar-refractivity contribution < 1.29 is 22.5 Å². The lowest BCUT2D eigenvalue weighted by Crippen LogP contribution is -2.16. The van der Waals surface area contributed by atoms with E-state index < -0.39 is 11.4 Å². The van der Waals surface area contributed by atoms with Crippen LogP contribution in [0.4, 0.5) is 18.9 Å². The molecular formula is C14H13F3N2O2S. The second-order valence-electron chi connectivity index (χ2n) is 4.57. The van der Waals surface area contributed by atoms with Crippen molar-refractivity contribution in [3.8, 4) is 0 Å². The van der Waals surface area contributed by atoms with Crippen LogP contribution in [0, 0.1) is 13.8 Å². The standard InChI is InChI=1S/C14H13F3N2O2S/c1-8-10(9(2)21-19-8)7-13(20)18-11-5-3-4-6-12(11)22-14(15,16)17/h3-6H,7H2,1-2H3,(H,18,20). The average Bonchev–Trinajstić information content (AvgIpc) is 2.71. The van der Waals surface area contributed by atoms with Crippen molar-refractivity contribution in [2.75, 3.05) is 5.32 Å². The van der Waals surface area contributed by atoms with Gasteiger partial charge in [-0.1, -0.05) is 17.3 Å². The minimum absolute atomic E-state index is 0.00775. The molecule has 0 aliphatic rings. The number of halogens is 3. The van der Waals surface area contributed by atoms with Crippen molar-refractivity contribution in [2.24, 2.45) is 0 Å². The van der Waals surface area contributed by atoms with Gasteiger partial charge in [-0.05, 0) is 37.7 Å². The van der Waals surface area contributed by atoms with Crippen molar-refractivity contribution in [2.45, 2.75) is 30.7 Å². The molecular weight excluding hydrogens is 317 g/mol. The van der Waals surface area contributed by atoms with E-state index >= 15 is 0 Å². The molecule has 1 N–H and O–H groups in total. The molecule has 4 nitrogen and oxygen atoms in total. The van der Waals surface area contributed by atoms with E-state index in [1.54, 1.807) is 19.9 Å². The maximum absolute atomic E-state index is 12.5. The smallest absolute Gasteiger partial charge is 0.361 e. The SMILES string of the molecule is Cc1noc(C)c1CC(=O)Nc1ccccc1SC(F)(F)F. The number of hydrogen-bond acceptors (Lipinski definition) is 4. The lowest BCUT2D eigenvalue weighted by molar-refractivity contribution is -0.115. The summed E-state index contributed by atoms with van der Waals surface area (Å²) in [4.78, 5) is 12.0. The van der Waals surface area contributed by atoms with Crippen LogP contribution in [0.25, 0.3) is 0 Å². The Balaban J connectivity index is 2.12. The number of para-hydroxylation sites is 1. The zero-order valence-corrected chi connectivity index (χ0v) is 12.6. The Labute approximate surface area is 129 Å². The second kappa shape index (κ2) is 6.43. The summed E-state index contributed by atoms with van der Waals surface area (Å²) in [5, 5.41) is 6.23. The highest BCUT2D eigenvalue weighted by molar-refractivity contribution is 8.00. The highest BCUT2D eigenvalue weighted by Gasteiger charge is 2.30. The largest absolute Gasteiger partial charge is 0.446 e. The van der Waals surface area contributed by atoms with Crippen LogP contribution in [-0.4, -0.2) is 16.6 Å². The number of benzene rings is 1. The molecule has 1 aromatic carbocycles. The second-order valence-corrected chi connectivity index (χ2v) is 5.68. The molecule has 1 heterocycles. The maximum atomic E-state index is 12.5. The van der Waals surface area contributed by atoms with E-state index in [9.17, 15) is 18.0 Å². The van der Waals surface area contributed by atoms with Crippen LogP contribution in [0.5, 0.6) is 0 Å². The Morgan fingerprint density at radius 2 is 2.00 bits per heavy atom. The predicted octanol–water partition coefficient (Wildman–Crippen LogP) is 4.08. The summed E-state index contributed by atoms with van der Waals surface area (Å²) in [6, 6.07) is 5.78. The third kappa shape index (κ3) is 4.27. The van der Waals surface area contributed by atoms with E-state index in [2.05, 4.69) is 10.5 Å². The van der Waals surface area contributed by atoms with Gasteiger partial charge in [0.05, 0.1) is 17.8 Å². The number of nitrogens with one attached hydrogen (secondary N) is 1. The van der Waals surface area contributed by atoms with Crippen molar-refractivity contribution in [3.63, 3.8) is 0 Å². The molecule has 1 aromatic heterocycles. The van der Waals surface area contributed by atoms with Gasteiger partial charge in [-0.3, -0.25) is 4.79 Å². The number of carbonyl (C=O) groups excluding carboxylic acids is 1. The van der Waals surface area contributed by atoms with Crippen molar-refractivity contribution in [1.29, 1.82) is 0 Å². The summed E-state index contributed by atoms with van der Waals surface area (Å²) < 4.78 is 42.5. The van der Waals surface area contributed by atoms with Crippen molar-refractivity contribution >= 4 is 23.4 Å². The van der Waals surface area contributed by atoms with E-state index in [-0.39, 0.29) is 28.8 Å². The van der Waals surface area contributed by atoms with Gasteiger partial charge >= 0.3 is 5.51 Å². The molecule has 0 aliphatic heterocycles. The first-order chi connectivity index (χ1) is 10.3. The fourth-order valence-electron chi connectivity index (χ4n) is 1.89. The van der Waals surface area contributed by atoms with Gasteiger partial charge in [0.1, 0.15) is 5.76 Å².